The van der Waals surface area contributed by atoms with E-state index in [4.69, 9.17) is 11.0 Å². The van der Waals surface area contributed by atoms with Gasteiger partial charge >= 0.3 is 0 Å². The number of aliphatic hydroxyl groups is 2. The van der Waals surface area contributed by atoms with Gasteiger partial charge in [0.05, 0.1) is 30.0 Å². The number of hydrogen-bond acceptors (Lipinski definition) is 5. The minimum Gasteiger partial charge on any atom is -0.398 e. The van der Waals surface area contributed by atoms with Crippen LogP contribution >= 0.6 is 0 Å². The molecule has 0 aliphatic heterocycles. The lowest BCUT2D eigenvalue weighted by molar-refractivity contribution is 0.132. The molecule has 0 unspecified atom stereocenters. The molecule has 0 aromatic heterocycles. The van der Waals surface area contributed by atoms with Crippen LogP contribution in [0, 0.1) is 11.3 Å². The van der Waals surface area contributed by atoms with Crippen molar-refractivity contribution in [3.63, 3.8) is 0 Å². The maximum absolute atomic E-state index is 9.30. The number of nitriles is 1. The average Bonchev–Trinajstić information content (AvgIpc) is 2.36. The number of nitrogens with one attached hydrogen (secondary N) is 1. The van der Waals surface area contributed by atoms with E-state index in [-0.39, 0.29) is 13.2 Å². The maximum atomic E-state index is 9.30. The van der Waals surface area contributed by atoms with Crippen LogP contribution < -0.4 is 11.1 Å². The monoisotopic (exact) mass is 235 g/mol. The summed E-state index contributed by atoms with van der Waals surface area (Å²) >= 11 is 0. The maximum Gasteiger partial charge on any atom is 0.101 e. The smallest absolute Gasteiger partial charge is 0.101 e. The third-order valence-electron chi connectivity index (χ3n) is 2.86. The van der Waals surface area contributed by atoms with E-state index >= 15 is 0 Å². The van der Waals surface area contributed by atoms with Crippen molar-refractivity contribution in [1.82, 2.24) is 0 Å². The Bertz CT molecular complexity index is 414. The number of nitrogens with zero attached hydrogens (tertiary/aromatic N) is 1. The number of nitrogens with two attached hydrogens (primary N) is 1. The molecule has 5 nitrogen and oxygen atoms in total. The molecule has 0 aliphatic carbocycles. The van der Waals surface area contributed by atoms with E-state index in [0.717, 1.165) is 0 Å². The van der Waals surface area contributed by atoms with Crippen molar-refractivity contribution in [2.45, 2.75) is 18.9 Å². The van der Waals surface area contributed by atoms with E-state index in [1.165, 1.54) is 0 Å². The molecular formula is C12H17N3O2. The van der Waals surface area contributed by atoms with Gasteiger partial charge in [-0.15, -0.1) is 0 Å². The molecular weight excluding hydrogens is 218 g/mol. The number of aliphatic hydroxyl groups excluding tert-OH is 2. The van der Waals surface area contributed by atoms with E-state index in [9.17, 15) is 10.2 Å². The van der Waals surface area contributed by atoms with Gasteiger partial charge in [0.15, 0.2) is 0 Å². The summed E-state index contributed by atoms with van der Waals surface area (Å²) in [5.41, 5.74) is 6.38. The van der Waals surface area contributed by atoms with Gasteiger partial charge in [-0.05, 0) is 24.6 Å². The van der Waals surface area contributed by atoms with Crippen LogP contribution in [0.2, 0.25) is 0 Å². The highest BCUT2D eigenvalue weighted by Gasteiger charge is 2.26. The van der Waals surface area contributed by atoms with Gasteiger partial charge in [-0.1, -0.05) is 6.92 Å². The topological polar surface area (TPSA) is 102 Å². The first-order chi connectivity index (χ1) is 8.10. The summed E-state index contributed by atoms with van der Waals surface area (Å²) in [5.74, 6) is 0. The van der Waals surface area contributed by atoms with Crippen LogP contribution in [0.3, 0.4) is 0 Å². The largest absolute Gasteiger partial charge is 0.398 e. The van der Waals surface area contributed by atoms with E-state index in [2.05, 4.69) is 5.32 Å². The van der Waals surface area contributed by atoms with Gasteiger partial charge in [0.2, 0.25) is 0 Å². The van der Waals surface area contributed by atoms with E-state index in [0.29, 0.717) is 23.4 Å². The van der Waals surface area contributed by atoms with Gasteiger partial charge < -0.3 is 21.3 Å². The summed E-state index contributed by atoms with van der Waals surface area (Å²) in [4.78, 5) is 0. The fourth-order valence-electron chi connectivity index (χ4n) is 1.49. The SMILES string of the molecule is CCC(CO)(CO)Nc1ccc(C#N)c(N)c1. The number of benzene rings is 1. The highest BCUT2D eigenvalue weighted by Crippen LogP contribution is 2.22. The standard InChI is InChI=1S/C12H17N3O2/c1-2-12(7-16,8-17)15-10-4-3-9(6-13)11(14)5-10/h3-5,15-17H,2,7-8,14H2,1H3. The Morgan fingerprint density at radius 3 is 2.47 bits per heavy atom. The van der Waals surface area contributed by atoms with Crippen LogP contribution in [0.5, 0.6) is 0 Å². The van der Waals surface area contributed by atoms with Crippen molar-refractivity contribution in [2.24, 2.45) is 0 Å². The fraction of sp³-hybridized carbons (Fsp3) is 0.417. The third kappa shape index (κ3) is 2.87. The summed E-state index contributed by atoms with van der Waals surface area (Å²) < 4.78 is 0. The predicted molar refractivity (Wildman–Crippen MR) is 66.4 cm³/mol. The summed E-state index contributed by atoms with van der Waals surface area (Å²) in [6.07, 6.45) is 0.569. The fourth-order valence-corrected chi connectivity index (χ4v) is 1.49. The second kappa shape index (κ2) is 5.53. The highest BCUT2D eigenvalue weighted by atomic mass is 16.3. The first kappa shape index (κ1) is 13.3. The molecule has 0 spiro atoms. The molecule has 1 rings (SSSR count). The zero-order valence-electron chi connectivity index (χ0n) is 9.77. The quantitative estimate of drug-likeness (QED) is 0.562. The second-order valence-corrected chi connectivity index (χ2v) is 3.99. The lowest BCUT2D eigenvalue weighted by Crippen LogP contribution is -2.45. The molecule has 0 heterocycles. The van der Waals surface area contributed by atoms with Gasteiger partial charge in [0, 0.05) is 5.69 Å². The molecule has 0 atom stereocenters. The Kier molecular flexibility index (Phi) is 4.32. The molecule has 92 valence electrons. The normalized spacial score (nSPS) is 10.9. The van der Waals surface area contributed by atoms with Crippen LogP contribution in [-0.4, -0.2) is 29.0 Å². The first-order valence-corrected chi connectivity index (χ1v) is 5.40. The molecule has 0 radical (unpaired) electrons. The molecule has 0 saturated carbocycles. The lowest BCUT2D eigenvalue weighted by Gasteiger charge is -2.31. The molecule has 0 saturated heterocycles. The molecule has 0 aliphatic rings. The Morgan fingerprint density at radius 1 is 1.41 bits per heavy atom. The van der Waals surface area contributed by atoms with Crippen LogP contribution in [0.15, 0.2) is 18.2 Å². The number of nitrogen functional groups attached to an aromatic ring is 1. The molecule has 0 bridgehead atoms. The number of rotatable bonds is 5. The second-order valence-electron chi connectivity index (χ2n) is 3.99. The zero-order chi connectivity index (χ0) is 12.9. The summed E-state index contributed by atoms with van der Waals surface area (Å²) in [6.45, 7) is 1.51. The molecule has 1 aromatic carbocycles. The van der Waals surface area contributed by atoms with Crippen molar-refractivity contribution in [3.8, 4) is 6.07 Å². The van der Waals surface area contributed by atoms with Crippen molar-refractivity contribution in [3.05, 3.63) is 23.8 Å². The molecule has 0 fully saturated rings. The molecule has 5 N–H and O–H groups in total. The summed E-state index contributed by atoms with van der Waals surface area (Å²) in [6, 6.07) is 6.90. The van der Waals surface area contributed by atoms with Gasteiger partial charge in [0.1, 0.15) is 6.07 Å². The van der Waals surface area contributed by atoms with Crippen LogP contribution in [-0.2, 0) is 0 Å². The highest BCUT2D eigenvalue weighted by molar-refractivity contribution is 5.63. The molecule has 5 heteroatoms. The Morgan fingerprint density at radius 2 is 2.06 bits per heavy atom. The van der Waals surface area contributed by atoms with E-state index in [1.807, 2.05) is 13.0 Å². The minimum absolute atomic E-state index is 0.181. The molecule has 0 amide bonds. The third-order valence-corrected chi connectivity index (χ3v) is 2.86. The first-order valence-electron chi connectivity index (χ1n) is 5.40. The Hall–Kier alpha value is -1.77. The van der Waals surface area contributed by atoms with Crippen LogP contribution in [0.1, 0.15) is 18.9 Å². The van der Waals surface area contributed by atoms with E-state index < -0.39 is 5.54 Å². The van der Waals surface area contributed by atoms with Crippen LogP contribution in [0.4, 0.5) is 11.4 Å². The van der Waals surface area contributed by atoms with Crippen molar-refractivity contribution in [1.29, 1.82) is 5.26 Å². The molecule has 1 aromatic rings. The predicted octanol–water partition coefficient (Wildman–Crippen LogP) is 0.686. The zero-order valence-corrected chi connectivity index (χ0v) is 9.77. The van der Waals surface area contributed by atoms with Crippen molar-refractivity contribution >= 4 is 11.4 Å². The molecule has 17 heavy (non-hydrogen) atoms. The van der Waals surface area contributed by atoms with Crippen LogP contribution in [0.25, 0.3) is 0 Å². The number of hydrogen-bond donors (Lipinski definition) is 4. The van der Waals surface area contributed by atoms with E-state index in [1.54, 1.807) is 18.2 Å². The summed E-state index contributed by atoms with van der Waals surface area (Å²) in [7, 11) is 0. The average molecular weight is 235 g/mol. The van der Waals surface area contributed by atoms with Gasteiger partial charge in [-0.3, -0.25) is 0 Å². The Labute approximate surface area is 100 Å². The minimum atomic E-state index is -0.763. The van der Waals surface area contributed by atoms with Crippen molar-refractivity contribution < 1.29 is 10.2 Å². The number of anilines is 2. The Balaban J connectivity index is 2.95. The lowest BCUT2D eigenvalue weighted by atomic mass is 9.97. The van der Waals surface area contributed by atoms with Gasteiger partial charge in [-0.25, -0.2) is 0 Å². The van der Waals surface area contributed by atoms with Gasteiger partial charge in [-0.2, -0.15) is 5.26 Å². The van der Waals surface area contributed by atoms with Crippen molar-refractivity contribution in [2.75, 3.05) is 24.3 Å². The van der Waals surface area contributed by atoms with Gasteiger partial charge in [0.25, 0.3) is 0 Å². The summed E-state index contributed by atoms with van der Waals surface area (Å²) in [5, 5.41) is 30.4.